The summed E-state index contributed by atoms with van der Waals surface area (Å²) in [6, 6.07) is -0.597. The van der Waals surface area contributed by atoms with Crippen molar-refractivity contribution in [3.8, 4) is 0 Å². The summed E-state index contributed by atoms with van der Waals surface area (Å²) in [5, 5.41) is 8.86. The molecule has 0 bridgehead atoms. The number of ether oxygens (including phenoxy) is 1. The van der Waals surface area contributed by atoms with Gasteiger partial charge >= 0.3 is 5.97 Å². The Morgan fingerprint density at radius 1 is 1.50 bits per heavy atom. The van der Waals surface area contributed by atoms with Gasteiger partial charge in [-0.3, -0.25) is 4.79 Å². The van der Waals surface area contributed by atoms with E-state index in [2.05, 4.69) is 0 Å². The fraction of sp³-hybridized carbons (Fsp3) is 0.889. The first-order valence-electron chi connectivity index (χ1n) is 4.88. The molecule has 0 fully saturated rings. The van der Waals surface area contributed by atoms with E-state index in [9.17, 15) is 4.79 Å². The lowest BCUT2D eigenvalue weighted by atomic mass is 10.1. The van der Waals surface area contributed by atoms with E-state index < -0.39 is 18.1 Å². The van der Waals surface area contributed by atoms with Gasteiger partial charge < -0.3 is 21.3 Å². The first kappa shape index (κ1) is 13.4. The van der Waals surface area contributed by atoms with Gasteiger partial charge in [-0.1, -0.05) is 6.42 Å². The van der Waals surface area contributed by atoms with Crippen molar-refractivity contribution >= 4 is 5.97 Å². The molecule has 5 N–H and O–H groups in total. The summed E-state index contributed by atoms with van der Waals surface area (Å²) < 4.78 is 4.75. The molecule has 0 saturated carbocycles. The van der Waals surface area contributed by atoms with Crippen LogP contribution in [0.15, 0.2) is 0 Å². The van der Waals surface area contributed by atoms with Gasteiger partial charge in [-0.2, -0.15) is 0 Å². The molecule has 0 aliphatic heterocycles. The number of aliphatic hydroxyl groups excluding tert-OH is 1. The summed E-state index contributed by atoms with van der Waals surface area (Å²) >= 11 is 0. The maximum atomic E-state index is 11.2. The average Bonchev–Trinajstić information content (AvgIpc) is 2.14. The zero-order valence-corrected chi connectivity index (χ0v) is 8.61. The molecule has 0 aromatic heterocycles. The van der Waals surface area contributed by atoms with Crippen LogP contribution >= 0.6 is 0 Å². The Labute approximate surface area is 84.4 Å². The summed E-state index contributed by atoms with van der Waals surface area (Å²) in [6.45, 7) is 2.16. The van der Waals surface area contributed by atoms with Gasteiger partial charge in [0.1, 0.15) is 12.6 Å². The number of hydrogen-bond acceptors (Lipinski definition) is 5. The van der Waals surface area contributed by atoms with E-state index in [0.29, 0.717) is 13.0 Å². The van der Waals surface area contributed by atoms with Crippen molar-refractivity contribution in [3.05, 3.63) is 0 Å². The zero-order chi connectivity index (χ0) is 11.0. The molecule has 2 atom stereocenters. The molecule has 0 radical (unpaired) electrons. The van der Waals surface area contributed by atoms with Crippen molar-refractivity contribution < 1.29 is 14.6 Å². The second kappa shape index (κ2) is 7.73. The fourth-order valence-corrected chi connectivity index (χ4v) is 0.936. The molecule has 84 valence electrons. The van der Waals surface area contributed by atoms with Crippen molar-refractivity contribution in [1.29, 1.82) is 0 Å². The van der Waals surface area contributed by atoms with E-state index in [4.69, 9.17) is 21.3 Å². The number of nitrogens with two attached hydrogens (primary N) is 2. The van der Waals surface area contributed by atoms with Gasteiger partial charge in [0.25, 0.3) is 0 Å². The number of unbranched alkanes of at least 4 members (excludes halogenated alkanes) is 1. The van der Waals surface area contributed by atoms with Crippen molar-refractivity contribution in [2.75, 3.05) is 13.2 Å². The van der Waals surface area contributed by atoms with Crippen LogP contribution in [-0.4, -0.2) is 36.4 Å². The molecule has 0 rings (SSSR count). The van der Waals surface area contributed by atoms with Crippen molar-refractivity contribution in [3.63, 3.8) is 0 Å². The fourth-order valence-electron chi connectivity index (χ4n) is 0.936. The Hall–Kier alpha value is -0.650. The minimum atomic E-state index is -0.643. The molecule has 1 unspecified atom stereocenters. The van der Waals surface area contributed by atoms with Crippen molar-refractivity contribution in [1.82, 2.24) is 0 Å². The molecule has 5 nitrogen and oxygen atoms in total. The highest BCUT2D eigenvalue weighted by Gasteiger charge is 2.14. The van der Waals surface area contributed by atoms with Gasteiger partial charge in [-0.15, -0.1) is 0 Å². The molecule has 0 saturated heterocycles. The number of esters is 1. The van der Waals surface area contributed by atoms with E-state index in [1.165, 1.54) is 0 Å². The summed E-state index contributed by atoms with van der Waals surface area (Å²) in [6.07, 6.45) is 1.62. The highest BCUT2D eigenvalue weighted by Crippen LogP contribution is 2.00. The Morgan fingerprint density at radius 2 is 2.14 bits per heavy atom. The summed E-state index contributed by atoms with van der Waals surface area (Å²) in [5.41, 5.74) is 10.8. The van der Waals surface area contributed by atoms with Crippen LogP contribution < -0.4 is 11.5 Å². The Bertz CT molecular complexity index is 162. The third kappa shape index (κ3) is 6.82. The smallest absolute Gasteiger partial charge is 0.322 e. The molecule has 0 heterocycles. The maximum absolute atomic E-state index is 11.2. The highest BCUT2D eigenvalue weighted by atomic mass is 16.5. The monoisotopic (exact) mass is 204 g/mol. The second-order valence-electron chi connectivity index (χ2n) is 3.37. The minimum absolute atomic E-state index is 0.00340. The third-order valence-corrected chi connectivity index (χ3v) is 1.74. The number of hydrogen-bond donors (Lipinski definition) is 3. The molecule has 0 aromatic rings. The predicted octanol–water partition coefficient (Wildman–Crippen LogP) is -0.633. The first-order valence-corrected chi connectivity index (χ1v) is 4.88. The van der Waals surface area contributed by atoms with Gasteiger partial charge in [-0.05, 0) is 26.3 Å². The lowest BCUT2D eigenvalue weighted by molar-refractivity contribution is -0.148. The van der Waals surface area contributed by atoms with Crippen LogP contribution in [0.3, 0.4) is 0 Å². The van der Waals surface area contributed by atoms with Crippen LogP contribution in [0.2, 0.25) is 0 Å². The second-order valence-corrected chi connectivity index (χ2v) is 3.37. The summed E-state index contributed by atoms with van der Waals surface area (Å²) in [4.78, 5) is 11.2. The van der Waals surface area contributed by atoms with Gasteiger partial charge in [0.2, 0.25) is 0 Å². The Balaban J connectivity index is 3.54. The maximum Gasteiger partial charge on any atom is 0.322 e. The predicted molar refractivity (Wildman–Crippen MR) is 53.5 cm³/mol. The molecule has 5 heteroatoms. The van der Waals surface area contributed by atoms with Crippen LogP contribution in [0.1, 0.15) is 26.2 Å². The molecule has 0 aromatic carbocycles. The standard InChI is InChI=1S/C9H20N2O3/c1-7(12)6-14-9(13)8(11)4-2-3-5-10/h7-8,12H,2-6,10-11H2,1H3/t7?,8-/m0/s1. The molecule has 0 spiro atoms. The first-order chi connectivity index (χ1) is 6.57. The lowest BCUT2D eigenvalue weighted by Gasteiger charge is -2.11. The lowest BCUT2D eigenvalue weighted by Crippen LogP contribution is -2.33. The van der Waals surface area contributed by atoms with Crippen molar-refractivity contribution in [2.45, 2.75) is 38.3 Å². The number of rotatable bonds is 7. The average molecular weight is 204 g/mol. The largest absolute Gasteiger partial charge is 0.462 e. The van der Waals surface area contributed by atoms with Crippen LogP contribution in [0, 0.1) is 0 Å². The van der Waals surface area contributed by atoms with Crippen molar-refractivity contribution in [2.24, 2.45) is 11.5 Å². The van der Waals surface area contributed by atoms with E-state index in [-0.39, 0.29) is 6.61 Å². The minimum Gasteiger partial charge on any atom is -0.462 e. The van der Waals surface area contributed by atoms with E-state index >= 15 is 0 Å². The SMILES string of the molecule is CC(O)COC(=O)[C@@H](N)CCCCN. The Morgan fingerprint density at radius 3 is 2.64 bits per heavy atom. The number of carbonyl (C=O) groups is 1. The third-order valence-electron chi connectivity index (χ3n) is 1.74. The normalized spacial score (nSPS) is 14.9. The topological polar surface area (TPSA) is 98.6 Å². The summed E-state index contributed by atoms with van der Waals surface area (Å²) in [7, 11) is 0. The van der Waals surface area contributed by atoms with Gasteiger partial charge in [-0.25, -0.2) is 0 Å². The van der Waals surface area contributed by atoms with E-state index in [1.807, 2.05) is 0 Å². The van der Waals surface area contributed by atoms with Gasteiger partial charge in [0.05, 0.1) is 6.10 Å². The van der Waals surface area contributed by atoms with Crippen LogP contribution in [0.4, 0.5) is 0 Å². The van der Waals surface area contributed by atoms with E-state index in [0.717, 1.165) is 12.8 Å². The molecule has 0 aliphatic carbocycles. The molecule has 0 amide bonds. The Kier molecular flexibility index (Phi) is 7.37. The van der Waals surface area contributed by atoms with Crippen LogP contribution in [0.25, 0.3) is 0 Å². The molecular weight excluding hydrogens is 184 g/mol. The number of carbonyl (C=O) groups excluding carboxylic acids is 1. The van der Waals surface area contributed by atoms with Gasteiger partial charge in [0, 0.05) is 0 Å². The van der Waals surface area contributed by atoms with E-state index in [1.54, 1.807) is 6.92 Å². The zero-order valence-electron chi connectivity index (χ0n) is 8.61. The van der Waals surface area contributed by atoms with Gasteiger partial charge in [0.15, 0.2) is 0 Å². The molecular formula is C9H20N2O3. The summed E-state index contributed by atoms with van der Waals surface area (Å²) in [5.74, 6) is -0.456. The quantitative estimate of drug-likeness (QED) is 0.379. The molecule has 0 aliphatic rings. The van der Waals surface area contributed by atoms with Crippen LogP contribution in [0.5, 0.6) is 0 Å². The number of aliphatic hydroxyl groups is 1. The molecule has 14 heavy (non-hydrogen) atoms. The van der Waals surface area contributed by atoms with Crippen LogP contribution in [-0.2, 0) is 9.53 Å². The highest BCUT2D eigenvalue weighted by molar-refractivity contribution is 5.75.